The van der Waals surface area contributed by atoms with Crippen molar-refractivity contribution >= 4 is 5.91 Å². The van der Waals surface area contributed by atoms with Crippen LogP contribution in [0.2, 0.25) is 0 Å². The van der Waals surface area contributed by atoms with Gasteiger partial charge in [0.15, 0.2) is 0 Å². The number of unbranched alkanes of at least 4 members (excludes halogenated alkanes) is 5. The minimum absolute atomic E-state index is 0.237. The van der Waals surface area contributed by atoms with Crippen LogP contribution >= 0.6 is 0 Å². The highest BCUT2D eigenvalue weighted by Crippen LogP contribution is 2.11. The highest BCUT2D eigenvalue weighted by Gasteiger charge is 2.13. The van der Waals surface area contributed by atoms with E-state index in [4.69, 9.17) is 0 Å². The lowest BCUT2D eigenvalue weighted by Gasteiger charge is -2.23. The van der Waals surface area contributed by atoms with Crippen molar-refractivity contribution in [1.29, 1.82) is 0 Å². The first-order valence-electron chi connectivity index (χ1n) is 8.33. The van der Waals surface area contributed by atoms with E-state index in [1.165, 1.54) is 51.4 Å². The van der Waals surface area contributed by atoms with Gasteiger partial charge in [0.25, 0.3) is 0 Å². The molecule has 1 atom stereocenters. The number of carbonyl (C=O) groups excluding carboxylic acids is 1. The lowest BCUT2D eigenvalue weighted by Crippen LogP contribution is -2.35. The summed E-state index contributed by atoms with van der Waals surface area (Å²) in [7, 11) is 0. The molecule has 3 heteroatoms. The SMILES string of the molecule is CCCCCCCCNC(=O)CCC1CCCCN1. The molecule has 1 saturated heterocycles. The summed E-state index contributed by atoms with van der Waals surface area (Å²) in [5.41, 5.74) is 0. The molecule has 2 N–H and O–H groups in total. The number of hydrogen-bond acceptors (Lipinski definition) is 2. The van der Waals surface area contributed by atoms with E-state index < -0.39 is 0 Å². The molecule has 1 aliphatic rings. The second kappa shape index (κ2) is 11.3. The van der Waals surface area contributed by atoms with Crippen molar-refractivity contribution in [3.05, 3.63) is 0 Å². The third-order valence-corrected chi connectivity index (χ3v) is 3.98. The molecule has 0 saturated carbocycles. The molecular formula is C16H32N2O. The van der Waals surface area contributed by atoms with Gasteiger partial charge in [-0.2, -0.15) is 0 Å². The van der Waals surface area contributed by atoms with Crippen molar-refractivity contribution in [1.82, 2.24) is 10.6 Å². The molecule has 1 heterocycles. The van der Waals surface area contributed by atoms with E-state index in [9.17, 15) is 4.79 Å². The van der Waals surface area contributed by atoms with Gasteiger partial charge in [-0.25, -0.2) is 0 Å². The minimum atomic E-state index is 0.237. The molecule has 1 aliphatic heterocycles. The van der Waals surface area contributed by atoms with Crippen LogP contribution < -0.4 is 10.6 Å². The Hall–Kier alpha value is -0.570. The molecule has 3 nitrogen and oxygen atoms in total. The fourth-order valence-corrected chi connectivity index (χ4v) is 2.70. The van der Waals surface area contributed by atoms with E-state index in [1.807, 2.05) is 0 Å². The third-order valence-electron chi connectivity index (χ3n) is 3.98. The Balaban J connectivity index is 1.87. The molecule has 19 heavy (non-hydrogen) atoms. The number of piperidine rings is 1. The summed E-state index contributed by atoms with van der Waals surface area (Å²) in [6, 6.07) is 0.577. The first-order valence-corrected chi connectivity index (χ1v) is 8.33. The first-order chi connectivity index (χ1) is 9.33. The van der Waals surface area contributed by atoms with Crippen LogP contribution in [-0.4, -0.2) is 25.0 Å². The molecule has 0 aromatic carbocycles. The van der Waals surface area contributed by atoms with E-state index in [2.05, 4.69) is 17.6 Å². The Kier molecular flexibility index (Phi) is 9.78. The van der Waals surface area contributed by atoms with Gasteiger partial charge in [-0.1, -0.05) is 45.4 Å². The summed E-state index contributed by atoms with van der Waals surface area (Å²) < 4.78 is 0. The molecular weight excluding hydrogens is 236 g/mol. The maximum atomic E-state index is 11.7. The van der Waals surface area contributed by atoms with Crippen molar-refractivity contribution in [3.63, 3.8) is 0 Å². The van der Waals surface area contributed by atoms with Gasteiger partial charge in [-0.3, -0.25) is 4.79 Å². The number of carbonyl (C=O) groups is 1. The molecule has 0 aromatic heterocycles. The van der Waals surface area contributed by atoms with Crippen LogP contribution in [0.3, 0.4) is 0 Å². The predicted octanol–water partition coefficient (Wildman–Crippen LogP) is 3.39. The van der Waals surface area contributed by atoms with Crippen molar-refractivity contribution in [2.75, 3.05) is 13.1 Å². The number of rotatable bonds is 10. The second-order valence-corrected chi connectivity index (χ2v) is 5.80. The highest BCUT2D eigenvalue weighted by atomic mass is 16.1. The summed E-state index contributed by atoms with van der Waals surface area (Å²) >= 11 is 0. The van der Waals surface area contributed by atoms with Gasteiger partial charge in [0, 0.05) is 19.0 Å². The number of amides is 1. The first kappa shape index (κ1) is 16.5. The molecule has 1 amide bonds. The summed E-state index contributed by atoms with van der Waals surface area (Å²) in [5, 5.41) is 6.54. The monoisotopic (exact) mass is 268 g/mol. The van der Waals surface area contributed by atoms with Crippen LogP contribution in [0.15, 0.2) is 0 Å². The lowest BCUT2D eigenvalue weighted by atomic mass is 10.0. The predicted molar refractivity (Wildman–Crippen MR) is 81.3 cm³/mol. The molecule has 1 rings (SSSR count). The maximum Gasteiger partial charge on any atom is 0.220 e. The Morgan fingerprint density at radius 3 is 2.68 bits per heavy atom. The summed E-state index contributed by atoms with van der Waals surface area (Å²) in [4.78, 5) is 11.7. The van der Waals surface area contributed by atoms with Gasteiger partial charge in [0.2, 0.25) is 5.91 Å². The average molecular weight is 268 g/mol. The number of nitrogens with one attached hydrogen (secondary N) is 2. The summed E-state index contributed by atoms with van der Waals surface area (Å²) in [6.45, 7) is 4.23. The van der Waals surface area contributed by atoms with Crippen molar-refractivity contribution in [2.24, 2.45) is 0 Å². The zero-order valence-corrected chi connectivity index (χ0v) is 12.7. The van der Waals surface area contributed by atoms with E-state index >= 15 is 0 Å². The lowest BCUT2D eigenvalue weighted by molar-refractivity contribution is -0.121. The normalized spacial score (nSPS) is 19.3. The van der Waals surface area contributed by atoms with E-state index in [1.54, 1.807) is 0 Å². The second-order valence-electron chi connectivity index (χ2n) is 5.80. The van der Waals surface area contributed by atoms with Gasteiger partial charge in [0.05, 0.1) is 0 Å². The smallest absolute Gasteiger partial charge is 0.220 e. The zero-order valence-electron chi connectivity index (χ0n) is 12.7. The van der Waals surface area contributed by atoms with Crippen LogP contribution in [0.25, 0.3) is 0 Å². The van der Waals surface area contributed by atoms with Crippen LogP contribution in [0.1, 0.15) is 77.6 Å². The molecule has 0 bridgehead atoms. The van der Waals surface area contributed by atoms with Gasteiger partial charge in [0.1, 0.15) is 0 Å². The van der Waals surface area contributed by atoms with Gasteiger partial charge < -0.3 is 10.6 Å². The molecule has 1 unspecified atom stereocenters. The summed E-state index contributed by atoms with van der Waals surface area (Å²) in [5.74, 6) is 0.237. The largest absolute Gasteiger partial charge is 0.356 e. The maximum absolute atomic E-state index is 11.7. The van der Waals surface area contributed by atoms with Crippen LogP contribution in [-0.2, 0) is 4.79 Å². The summed E-state index contributed by atoms with van der Waals surface area (Å²) in [6.07, 6.45) is 13.2. The van der Waals surface area contributed by atoms with Crippen molar-refractivity contribution < 1.29 is 4.79 Å². The Morgan fingerprint density at radius 2 is 1.95 bits per heavy atom. The zero-order chi connectivity index (χ0) is 13.8. The molecule has 0 spiro atoms. The Morgan fingerprint density at radius 1 is 1.16 bits per heavy atom. The van der Waals surface area contributed by atoms with Gasteiger partial charge >= 0.3 is 0 Å². The van der Waals surface area contributed by atoms with E-state index in [-0.39, 0.29) is 5.91 Å². The third kappa shape index (κ3) is 9.04. The van der Waals surface area contributed by atoms with E-state index in [0.717, 1.165) is 25.9 Å². The topological polar surface area (TPSA) is 41.1 Å². The van der Waals surface area contributed by atoms with Crippen LogP contribution in [0.4, 0.5) is 0 Å². The van der Waals surface area contributed by atoms with Crippen LogP contribution in [0, 0.1) is 0 Å². The highest BCUT2D eigenvalue weighted by molar-refractivity contribution is 5.75. The van der Waals surface area contributed by atoms with Crippen molar-refractivity contribution in [3.8, 4) is 0 Å². The molecule has 1 fully saturated rings. The fraction of sp³-hybridized carbons (Fsp3) is 0.938. The minimum Gasteiger partial charge on any atom is -0.356 e. The Bertz CT molecular complexity index is 225. The number of hydrogen-bond donors (Lipinski definition) is 2. The molecule has 0 aromatic rings. The average Bonchev–Trinajstić information content (AvgIpc) is 2.45. The quantitative estimate of drug-likeness (QED) is 0.596. The fourth-order valence-electron chi connectivity index (χ4n) is 2.70. The van der Waals surface area contributed by atoms with Crippen molar-refractivity contribution in [2.45, 2.75) is 83.6 Å². The molecule has 112 valence electrons. The molecule has 0 aliphatic carbocycles. The van der Waals surface area contributed by atoms with Crippen LogP contribution in [0.5, 0.6) is 0 Å². The van der Waals surface area contributed by atoms with Gasteiger partial charge in [-0.15, -0.1) is 0 Å². The Labute approximate surface area is 118 Å². The standard InChI is InChI=1S/C16H32N2O/c1-2-3-4-5-6-8-14-18-16(19)12-11-15-10-7-9-13-17-15/h15,17H,2-14H2,1H3,(H,18,19). The van der Waals surface area contributed by atoms with Gasteiger partial charge in [-0.05, 0) is 32.2 Å². The van der Waals surface area contributed by atoms with E-state index in [0.29, 0.717) is 12.5 Å². The molecule has 0 radical (unpaired) electrons.